The molecule has 8 heteroatoms. The van der Waals surface area contributed by atoms with E-state index in [1.165, 1.54) is 16.7 Å². The van der Waals surface area contributed by atoms with Gasteiger partial charge in [0.25, 0.3) is 0 Å². The molecular weight excluding hydrogens is 739 g/mol. The quantitative estimate of drug-likeness (QED) is 0.172. The Morgan fingerprint density at radius 3 is 2.19 bits per heavy atom. The van der Waals surface area contributed by atoms with Crippen molar-refractivity contribution in [3.8, 4) is 0 Å². The molecule has 5 unspecified atom stereocenters. The molecule has 6 nitrogen and oxygen atoms in total. The first-order valence-corrected chi connectivity index (χ1v) is 23.9. The van der Waals surface area contributed by atoms with Gasteiger partial charge in [-0.2, -0.15) is 0 Å². The van der Waals surface area contributed by atoms with Crippen LogP contribution in [0.2, 0.25) is 0 Å². The largest absolute Gasteiger partial charge is 0.353 e. The molecule has 1 aliphatic heterocycles. The summed E-state index contributed by atoms with van der Waals surface area (Å²) in [5, 5.41) is 10.0. The third-order valence-corrected chi connectivity index (χ3v) is 18.5. The first-order chi connectivity index (χ1) is 28.5. The van der Waals surface area contributed by atoms with Crippen molar-refractivity contribution in [2.75, 3.05) is 26.3 Å². The maximum Gasteiger partial charge on any atom is 0.226 e. The monoisotopic (exact) mass is 809 g/mol. The molecular formula is C51H70F2N4O2. The van der Waals surface area contributed by atoms with Crippen molar-refractivity contribution in [3.63, 3.8) is 0 Å². The van der Waals surface area contributed by atoms with Crippen LogP contribution in [0.4, 0.5) is 8.78 Å². The summed E-state index contributed by atoms with van der Waals surface area (Å²) < 4.78 is 29.7. The normalized spacial score (nSPS) is 44.4. The molecule has 12 rings (SSSR count). The average Bonchev–Trinajstić information content (AvgIpc) is 3.21. The van der Waals surface area contributed by atoms with E-state index >= 15 is 4.39 Å². The first kappa shape index (κ1) is 40.2. The predicted molar refractivity (Wildman–Crippen MR) is 229 cm³/mol. The number of benzene rings is 2. The number of piperidine rings is 1. The Kier molecular flexibility index (Phi) is 10.2. The Balaban J connectivity index is 0.964. The molecule has 9 saturated carbocycles. The number of hydrogen-bond acceptors (Lipinski definition) is 4. The Labute approximate surface area is 351 Å². The Morgan fingerprint density at radius 1 is 0.763 bits per heavy atom. The molecule has 8 bridgehead atoms. The molecule has 0 aromatic heterocycles. The molecule has 2 aromatic carbocycles. The van der Waals surface area contributed by atoms with Gasteiger partial charge in [0.15, 0.2) is 0 Å². The van der Waals surface area contributed by atoms with Gasteiger partial charge in [0, 0.05) is 12.6 Å². The van der Waals surface area contributed by atoms with Crippen LogP contribution in [0.15, 0.2) is 54.6 Å². The predicted octanol–water partition coefficient (Wildman–Crippen LogP) is 9.11. The van der Waals surface area contributed by atoms with E-state index in [2.05, 4.69) is 77.5 Å². The smallest absolute Gasteiger partial charge is 0.226 e. The van der Waals surface area contributed by atoms with Crippen molar-refractivity contribution in [1.29, 1.82) is 0 Å². The zero-order valence-electron chi connectivity index (χ0n) is 35.7. The van der Waals surface area contributed by atoms with Gasteiger partial charge in [0.2, 0.25) is 11.8 Å². The second kappa shape index (κ2) is 14.9. The number of halogens is 2. The lowest BCUT2D eigenvalue weighted by molar-refractivity contribution is -0.172. The van der Waals surface area contributed by atoms with E-state index in [1.54, 1.807) is 0 Å². The molecule has 5 N–H and O–H groups in total. The molecule has 0 spiro atoms. The second-order valence-corrected chi connectivity index (χ2v) is 22.4. The zero-order valence-corrected chi connectivity index (χ0v) is 35.7. The molecule has 10 aliphatic rings. The van der Waals surface area contributed by atoms with Crippen LogP contribution in [0.3, 0.4) is 0 Å². The van der Waals surface area contributed by atoms with Crippen LogP contribution in [-0.2, 0) is 20.4 Å². The Bertz CT molecular complexity index is 1890. The summed E-state index contributed by atoms with van der Waals surface area (Å²) in [4.78, 5) is 29.3. The van der Waals surface area contributed by atoms with Crippen LogP contribution < -0.4 is 21.7 Å². The Morgan fingerprint density at radius 2 is 1.47 bits per heavy atom. The van der Waals surface area contributed by atoms with E-state index in [0.29, 0.717) is 43.1 Å². The lowest BCUT2D eigenvalue weighted by Crippen LogP contribution is -2.66. The highest BCUT2D eigenvalue weighted by atomic mass is 19.1. The van der Waals surface area contributed by atoms with Gasteiger partial charge in [-0.3, -0.25) is 14.0 Å². The summed E-state index contributed by atoms with van der Waals surface area (Å²) in [7, 11) is 0. The van der Waals surface area contributed by atoms with E-state index in [0.717, 1.165) is 122 Å². The van der Waals surface area contributed by atoms with Crippen molar-refractivity contribution in [2.24, 2.45) is 45.1 Å². The molecule has 1 saturated heterocycles. The van der Waals surface area contributed by atoms with Crippen LogP contribution in [0, 0.1) is 39.4 Å². The zero-order chi connectivity index (χ0) is 40.7. The third-order valence-electron chi connectivity index (χ3n) is 18.5. The van der Waals surface area contributed by atoms with Gasteiger partial charge in [-0.05, 0) is 191 Å². The van der Waals surface area contributed by atoms with Crippen LogP contribution in [0.5, 0.6) is 0 Å². The second-order valence-electron chi connectivity index (χ2n) is 22.4. The van der Waals surface area contributed by atoms with E-state index in [4.69, 9.17) is 5.73 Å². The average molecular weight is 809 g/mol. The summed E-state index contributed by atoms with van der Waals surface area (Å²) in [5.74, 6) is 2.05. The van der Waals surface area contributed by atoms with Crippen molar-refractivity contribution >= 4 is 11.8 Å². The Hall–Kier alpha value is -2.84. The van der Waals surface area contributed by atoms with Crippen LogP contribution >= 0.6 is 0 Å². The molecule has 2 amide bonds. The van der Waals surface area contributed by atoms with E-state index < -0.39 is 23.0 Å². The fraction of sp³-hybridized carbons (Fsp3) is 0.725. The van der Waals surface area contributed by atoms with Crippen molar-refractivity contribution in [2.45, 2.75) is 164 Å². The van der Waals surface area contributed by atoms with E-state index in [1.807, 2.05) is 0 Å². The van der Waals surface area contributed by atoms with Crippen molar-refractivity contribution in [1.82, 2.24) is 16.0 Å². The lowest BCUT2D eigenvalue weighted by Gasteiger charge is -2.70. The number of carbonyl (C=O) groups excluding carboxylic acids is 2. The number of alkyl halides is 2. The summed E-state index contributed by atoms with van der Waals surface area (Å²) in [5.41, 5.74) is 8.83. The van der Waals surface area contributed by atoms with Gasteiger partial charge in [-0.15, -0.1) is 0 Å². The lowest BCUT2D eigenvalue weighted by atomic mass is 9.34. The fourth-order valence-electron chi connectivity index (χ4n) is 17.2. The summed E-state index contributed by atoms with van der Waals surface area (Å²) in [6, 6.07) is 20.5. The first-order valence-electron chi connectivity index (χ1n) is 23.9. The number of rotatable bonds is 12. The summed E-state index contributed by atoms with van der Waals surface area (Å²) >= 11 is 0. The van der Waals surface area contributed by atoms with Gasteiger partial charge < -0.3 is 21.7 Å². The molecule has 2 aromatic rings. The number of hydrogen-bond donors (Lipinski definition) is 4. The maximum absolute atomic E-state index is 15.2. The van der Waals surface area contributed by atoms with Crippen molar-refractivity contribution < 1.29 is 18.4 Å². The SMILES string of the molecule is CCC[C@]12CC3(C(=O)N[C@@H]4CCNC[C@H]4F)CC(C[C@](c4ccccc4)(C3)C1)C2c1ccc([C@]23CC4CC(C(=O)N[C@H]5CC[C@H](CN)CC5)(C[C@](CCF)(C4)C2)C3)cc1. The van der Waals surface area contributed by atoms with Gasteiger partial charge in [-0.1, -0.05) is 67.9 Å². The molecule has 11 atom stereocenters. The highest BCUT2D eigenvalue weighted by Crippen LogP contribution is 2.76. The highest BCUT2D eigenvalue weighted by Gasteiger charge is 2.70. The highest BCUT2D eigenvalue weighted by molar-refractivity contribution is 5.85. The summed E-state index contributed by atoms with van der Waals surface area (Å²) in [6.07, 6.45) is 16.9. The molecule has 10 fully saturated rings. The van der Waals surface area contributed by atoms with Crippen LogP contribution in [-0.4, -0.2) is 56.4 Å². The molecule has 320 valence electrons. The fourth-order valence-corrected chi connectivity index (χ4v) is 17.2. The molecule has 0 radical (unpaired) electrons. The third kappa shape index (κ3) is 6.65. The van der Waals surface area contributed by atoms with Gasteiger partial charge in [0.05, 0.1) is 23.5 Å². The molecule has 9 aliphatic carbocycles. The van der Waals surface area contributed by atoms with Gasteiger partial charge in [0.1, 0.15) is 6.17 Å². The summed E-state index contributed by atoms with van der Waals surface area (Å²) in [6.45, 7) is 3.75. The van der Waals surface area contributed by atoms with Crippen LogP contribution in [0.1, 0.15) is 152 Å². The van der Waals surface area contributed by atoms with Gasteiger partial charge >= 0.3 is 0 Å². The number of carbonyl (C=O) groups is 2. The molecule has 59 heavy (non-hydrogen) atoms. The van der Waals surface area contributed by atoms with Gasteiger partial charge in [-0.25, -0.2) is 4.39 Å². The number of amides is 2. The van der Waals surface area contributed by atoms with Crippen molar-refractivity contribution in [3.05, 3.63) is 71.3 Å². The van der Waals surface area contributed by atoms with Crippen LogP contribution in [0.25, 0.3) is 0 Å². The molecule has 1 heterocycles. The van der Waals surface area contributed by atoms with E-state index in [9.17, 15) is 14.0 Å². The number of nitrogens with two attached hydrogens (primary N) is 1. The maximum atomic E-state index is 15.2. The topological polar surface area (TPSA) is 96.2 Å². The minimum Gasteiger partial charge on any atom is -0.353 e. The minimum absolute atomic E-state index is 0.0383. The van der Waals surface area contributed by atoms with E-state index in [-0.39, 0.29) is 46.2 Å². The standard InChI is InChI=1S/C51H70F2N4O2/c1-2-17-47-30-49(38-6-4-3-5-7-38)24-37(25-51(31-47,33-49)45(59)57-42-16-20-55-27-41(42)53)43(47)36-10-12-39(13-11-36)48-22-35-21-46(28-48,18-19-52)29-50(23-35,32-48)44(58)56-40-14-8-34(26-54)9-15-40/h3-7,10-13,34-35,37,40-43,55H,2,8-9,14-33,54H2,1H3,(H,56,58)(H,57,59)/t34-,35?,37?,40-,41-,42-,43?,46-,47-,48-,49-,50?,51?/m1/s1. The number of nitrogens with one attached hydrogen (secondary N) is 3. The minimum atomic E-state index is -1.06.